The van der Waals surface area contributed by atoms with E-state index >= 15 is 0 Å². The van der Waals surface area contributed by atoms with Gasteiger partial charge in [-0.2, -0.15) is 0 Å². The van der Waals surface area contributed by atoms with Crippen LogP contribution in [0.25, 0.3) is 0 Å². The van der Waals surface area contributed by atoms with Gasteiger partial charge in [0.15, 0.2) is 5.76 Å². The average molecular weight is 177 g/mol. The number of hydrogen-bond acceptors (Lipinski definition) is 3. The van der Waals surface area contributed by atoms with Crippen molar-refractivity contribution in [1.29, 1.82) is 0 Å². The zero-order chi connectivity index (χ0) is 9.10. The zero-order valence-electron chi connectivity index (χ0n) is 6.69. The summed E-state index contributed by atoms with van der Waals surface area (Å²) in [4.78, 5) is 11.3. The lowest BCUT2D eigenvalue weighted by Gasteiger charge is -1.96. The molecule has 0 radical (unpaired) electrons. The van der Waals surface area contributed by atoms with E-state index in [2.05, 4.69) is 5.32 Å². The lowest BCUT2D eigenvalue weighted by Crippen LogP contribution is -2.09. The van der Waals surface area contributed by atoms with Crippen LogP contribution in [-0.2, 0) is 0 Å². The Labute approximate surface area is 74.2 Å². The second-order valence-corrected chi connectivity index (χ2v) is 2.44. The fourth-order valence-electron chi connectivity index (χ4n) is 0.936. The monoisotopic (exact) mass is 177 g/mol. The third-order valence-corrected chi connectivity index (χ3v) is 1.52. The van der Waals surface area contributed by atoms with Crippen LogP contribution >= 0.6 is 0 Å². The van der Waals surface area contributed by atoms with Crippen molar-refractivity contribution in [3.63, 3.8) is 0 Å². The van der Waals surface area contributed by atoms with Crippen molar-refractivity contribution >= 4 is 11.6 Å². The number of rotatable bonds is 2. The highest BCUT2D eigenvalue weighted by atomic mass is 16.3. The molecule has 0 bridgehead atoms. The molecule has 0 saturated heterocycles. The molecule has 0 saturated carbocycles. The Kier molecular flexibility index (Phi) is 1.88. The molecule has 13 heavy (non-hydrogen) atoms. The van der Waals surface area contributed by atoms with Crippen LogP contribution in [-0.4, -0.2) is 5.91 Å². The molecule has 2 aromatic heterocycles. The van der Waals surface area contributed by atoms with Gasteiger partial charge in [-0.25, -0.2) is 0 Å². The van der Waals surface area contributed by atoms with Crippen LogP contribution in [0.5, 0.6) is 0 Å². The first-order chi connectivity index (χ1) is 6.36. The summed E-state index contributed by atoms with van der Waals surface area (Å²) in [6.45, 7) is 0. The van der Waals surface area contributed by atoms with E-state index in [-0.39, 0.29) is 11.7 Å². The Hall–Kier alpha value is -1.97. The third-order valence-electron chi connectivity index (χ3n) is 1.52. The highest BCUT2D eigenvalue weighted by molar-refractivity contribution is 6.02. The molecule has 0 spiro atoms. The van der Waals surface area contributed by atoms with Gasteiger partial charge in [0.05, 0.1) is 18.2 Å². The summed E-state index contributed by atoms with van der Waals surface area (Å²) in [6.07, 6.45) is 4.38. The molecule has 0 unspecified atom stereocenters. The maximum absolute atomic E-state index is 11.3. The maximum Gasteiger partial charge on any atom is 0.291 e. The van der Waals surface area contributed by atoms with E-state index in [0.717, 1.165) is 0 Å². The molecule has 2 rings (SSSR count). The molecule has 2 heterocycles. The van der Waals surface area contributed by atoms with Gasteiger partial charge in [0.25, 0.3) is 5.91 Å². The van der Waals surface area contributed by atoms with Crippen molar-refractivity contribution in [3.8, 4) is 0 Å². The Morgan fingerprint density at radius 3 is 2.85 bits per heavy atom. The van der Waals surface area contributed by atoms with Crippen LogP contribution in [0.15, 0.2) is 45.8 Å². The molecule has 0 aliphatic heterocycles. The third kappa shape index (κ3) is 1.61. The predicted octanol–water partition coefficient (Wildman–Crippen LogP) is 2.12. The van der Waals surface area contributed by atoms with E-state index in [0.29, 0.717) is 5.69 Å². The van der Waals surface area contributed by atoms with Crippen molar-refractivity contribution in [1.82, 2.24) is 0 Å². The largest absolute Gasteiger partial charge is 0.470 e. The SMILES string of the molecule is O=C(Nc1ccoc1)c1ccco1. The second kappa shape index (κ2) is 3.18. The van der Waals surface area contributed by atoms with Crippen molar-refractivity contribution in [2.24, 2.45) is 0 Å². The van der Waals surface area contributed by atoms with E-state index < -0.39 is 0 Å². The molecular formula is C9H7NO3. The molecule has 66 valence electrons. The molecule has 0 aliphatic carbocycles. The summed E-state index contributed by atoms with van der Waals surface area (Å²) in [5.74, 6) is -0.00685. The lowest BCUT2D eigenvalue weighted by molar-refractivity contribution is 0.0996. The van der Waals surface area contributed by atoms with Crippen LogP contribution in [0.4, 0.5) is 5.69 Å². The Morgan fingerprint density at radius 1 is 1.31 bits per heavy atom. The standard InChI is InChI=1S/C9H7NO3/c11-9(8-2-1-4-13-8)10-7-3-5-12-6-7/h1-6H,(H,10,11). The molecule has 2 aromatic rings. The number of carbonyl (C=O) groups is 1. The quantitative estimate of drug-likeness (QED) is 0.764. The number of furan rings is 2. The minimum Gasteiger partial charge on any atom is -0.470 e. The summed E-state index contributed by atoms with van der Waals surface area (Å²) >= 11 is 0. The van der Waals surface area contributed by atoms with Crippen LogP contribution in [0.3, 0.4) is 0 Å². The van der Waals surface area contributed by atoms with E-state index in [4.69, 9.17) is 8.83 Å². The predicted molar refractivity (Wildman–Crippen MR) is 45.4 cm³/mol. The van der Waals surface area contributed by atoms with Crippen molar-refractivity contribution < 1.29 is 13.6 Å². The van der Waals surface area contributed by atoms with Crippen LogP contribution < -0.4 is 5.32 Å². The molecule has 0 aromatic carbocycles. The van der Waals surface area contributed by atoms with Gasteiger partial charge in [-0.05, 0) is 18.2 Å². The molecule has 4 heteroatoms. The fourth-order valence-corrected chi connectivity index (χ4v) is 0.936. The number of carbonyl (C=O) groups excluding carboxylic acids is 1. The minimum absolute atomic E-state index is 0.279. The molecule has 0 atom stereocenters. The highest BCUT2D eigenvalue weighted by Crippen LogP contribution is 2.09. The van der Waals surface area contributed by atoms with Crippen molar-refractivity contribution in [2.75, 3.05) is 5.32 Å². The number of hydrogen-bond donors (Lipinski definition) is 1. The molecule has 1 amide bonds. The van der Waals surface area contributed by atoms with Crippen molar-refractivity contribution in [2.45, 2.75) is 0 Å². The first kappa shape index (κ1) is 7.67. The lowest BCUT2D eigenvalue weighted by atomic mass is 10.4. The molecule has 4 nitrogen and oxygen atoms in total. The number of anilines is 1. The smallest absolute Gasteiger partial charge is 0.291 e. The summed E-state index contributed by atoms with van der Waals surface area (Å²) in [7, 11) is 0. The van der Waals surface area contributed by atoms with Gasteiger partial charge in [0.1, 0.15) is 6.26 Å². The molecule has 0 fully saturated rings. The van der Waals surface area contributed by atoms with Gasteiger partial charge >= 0.3 is 0 Å². The first-order valence-electron chi connectivity index (χ1n) is 3.73. The average Bonchev–Trinajstić information content (AvgIpc) is 2.74. The van der Waals surface area contributed by atoms with Gasteiger partial charge in [-0.1, -0.05) is 0 Å². The maximum atomic E-state index is 11.3. The fraction of sp³-hybridized carbons (Fsp3) is 0. The van der Waals surface area contributed by atoms with Crippen LogP contribution in [0.1, 0.15) is 10.6 Å². The Morgan fingerprint density at radius 2 is 2.23 bits per heavy atom. The minimum atomic E-state index is -0.286. The highest BCUT2D eigenvalue weighted by Gasteiger charge is 2.08. The molecule has 0 aliphatic rings. The van der Waals surface area contributed by atoms with E-state index in [9.17, 15) is 4.79 Å². The Balaban J connectivity index is 2.08. The summed E-state index contributed by atoms with van der Waals surface area (Å²) in [5.41, 5.74) is 0.612. The molecular weight excluding hydrogens is 170 g/mol. The number of nitrogens with one attached hydrogen (secondary N) is 1. The summed E-state index contributed by atoms with van der Waals surface area (Å²) in [6, 6.07) is 4.90. The van der Waals surface area contributed by atoms with Gasteiger partial charge in [-0.15, -0.1) is 0 Å². The van der Waals surface area contributed by atoms with Crippen LogP contribution in [0.2, 0.25) is 0 Å². The number of amides is 1. The van der Waals surface area contributed by atoms with Crippen LogP contribution in [0, 0.1) is 0 Å². The summed E-state index contributed by atoms with van der Waals surface area (Å²) in [5, 5.41) is 2.60. The Bertz CT molecular complexity index is 375. The second-order valence-electron chi connectivity index (χ2n) is 2.44. The van der Waals surface area contributed by atoms with Gasteiger partial charge in [0.2, 0.25) is 0 Å². The van der Waals surface area contributed by atoms with E-state index in [1.165, 1.54) is 18.8 Å². The topological polar surface area (TPSA) is 55.4 Å². The van der Waals surface area contributed by atoms with Gasteiger partial charge in [-0.3, -0.25) is 4.79 Å². The normalized spacial score (nSPS) is 9.85. The van der Waals surface area contributed by atoms with Crippen molar-refractivity contribution in [3.05, 3.63) is 42.7 Å². The summed E-state index contributed by atoms with van der Waals surface area (Å²) < 4.78 is 9.69. The first-order valence-corrected chi connectivity index (χ1v) is 3.73. The van der Waals surface area contributed by atoms with E-state index in [1.54, 1.807) is 18.2 Å². The van der Waals surface area contributed by atoms with Gasteiger partial charge in [0, 0.05) is 0 Å². The zero-order valence-corrected chi connectivity index (χ0v) is 6.69. The molecule has 1 N–H and O–H groups in total. The van der Waals surface area contributed by atoms with Gasteiger partial charge < -0.3 is 14.2 Å². The van der Waals surface area contributed by atoms with E-state index in [1.807, 2.05) is 0 Å².